The molecule has 0 bridgehead atoms. The maximum Gasteiger partial charge on any atom is 0.106 e. The van der Waals surface area contributed by atoms with Crippen LogP contribution < -0.4 is 0 Å². The van der Waals surface area contributed by atoms with Gasteiger partial charge in [0.25, 0.3) is 0 Å². The highest BCUT2D eigenvalue weighted by Crippen LogP contribution is 2.27. The minimum Gasteiger partial charge on any atom is -0.373 e. The molecule has 1 aliphatic rings. The highest BCUT2D eigenvalue weighted by molar-refractivity contribution is 5.64. The van der Waals surface area contributed by atoms with Crippen LogP contribution in [0.15, 0.2) is 48.5 Å². The van der Waals surface area contributed by atoms with Crippen molar-refractivity contribution in [1.29, 1.82) is 0 Å². The smallest absolute Gasteiger partial charge is 0.106 e. The molecule has 2 atom stereocenters. The summed E-state index contributed by atoms with van der Waals surface area (Å²) in [5.74, 6) is 0. The molecule has 2 aromatic carbocycles. The third-order valence-corrected chi connectivity index (χ3v) is 5.98. The Morgan fingerprint density at radius 2 is 1.34 bits per heavy atom. The lowest BCUT2D eigenvalue weighted by Crippen LogP contribution is -2.31. The minimum atomic E-state index is 0.0666. The molecule has 0 aliphatic carbocycles. The van der Waals surface area contributed by atoms with Gasteiger partial charge in [0.1, 0.15) is 6.10 Å². The van der Waals surface area contributed by atoms with E-state index in [4.69, 9.17) is 9.47 Å². The fourth-order valence-electron chi connectivity index (χ4n) is 4.03. The summed E-state index contributed by atoms with van der Waals surface area (Å²) >= 11 is 0. The Labute approximate surface area is 177 Å². The molecule has 158 valence electrons. The van der Waals surface area contributed by atoms with Crippen LogP contribution in [0, 0.1) is 0 Å². The van der Waals surface area contributed by atoms with E-state index in [1.165, 1.54) is 73.6 Å². The highest BCUT2D eigenvalue weighted by Gasteiger charge is 2.23. The molecule has 0 unspecified atom stereocenters. The van der Waals surface area contributed by atoms with Gasteiger partial charge in [-0.1, -0.05) is 101 Å². The molecule has 0 aromatic heterocycles. The molecule has 0 spiro atoms. The standard InChI is InChI=1S/C27H38O2/c1-3-5-7-9-10-22-12-14-23(15-13-22)24-16-18-25(19-17-24)27-21-28-26(20-29-27)11-8-6-4-2/h12-19,26-27H,3-11,20-21H2,1-2H3/t26-,27-/m1/s1. The zero-order valence-electron chi connectivity index (χ0n) is 18.4. The van der Waals surface area contributed by atoms with Gasteiger partial charge in [-0.2, -0.15) is 0 Å². The van der Waals surface area contributed by atoms with Crippen LogP contribution in [0.2, 0.25) is 0 Å². The number of hydrogen-bond donors (Lipinski definition) is 0. The molecule has 2 aromatic rings. The number of hydrogen-bond acceptors (Lipinski definition) is 2. The summed E-state index contributed by atoms with van der Waals surface area (Å²) in [6, 6.07) is 17.9. The summed E-state index contributed by atoms with van der Waals surface area (Å²) in [5.41, 5.74) is 5.21. The first-order chi connectivity index (χ1) is 14.3. The molecule has 2 nitrogen and oxygen atoms in total. The molecule has 1 fully saturated rings. The molecule has 2 heteroatoms. The fraction of sp³-hybridized carbons (Fsp3) is 0.556. The summed E-state index contributed by atoms with van der Waals surface area (Å²) in [6.07, 6.45) is 11.7. The Kier molecular flexibility index (Phi) is 9.24. The average Bonchev–Trinajstić information content (AvgIpc) is 2.78. The molecule has 0 radical (unpaired) electrons. The highest BCUT2D eigenvalue weighted by atomic mass is 16.6. The van der Waals surface area contributed by atoms with Crippen molar-refractivity contribution in [2.24, 2.45) is 0 Å². The van der Waals surface area contributed by atoms with Crippen molar-refractivity contribution in [2.75, 3.05) is 13.2 Å². The average molecular weight is 395 g/mol. The van der Waals surface area contributed by atoms with E-state index >= 15 is 0 Å². The predicted octanol–water partition coefficient (Wildman–Crippen LogP) is 7.51. The van der Waals surface area contributed by atoms with Gasteiger partial charge in [0.15, 0.2) is 0 Å². The maximum absolute atomic E-state index is 6.10. The Hall–Kier alpha value is -1.64. The summed E-state index contributed by atoms with van der Waals surface area (Å²) in [4.78, 5) is 0. The van der Waals surface area contributed by atoms with Crippen LogP contribution in [0.3, 0.4) is 0 Å². The molecule has 1 saturated heterocycles. The van der Waals surface area contributed by atoms with Crippen LogP contribution in [-0.4, -0.2) is 19.3 Å². The maximum atomic E-state index is 6.10. The quantitative estimate of drug-likeness (QED) is 0.367. The number of benzene rings is 2. The van der Waals surface area contributed by atoms with E-state index in [-0.39, 0.29) is 12.2 Å². The summed E-state index contributed by atoms with van der Waals surface area (Å²) in [5, 5.41) is 0. The van der Waals surface area contributed by atoms with Crippen molar-refractivity contribution < 1.29 is 9.47 Å². The Balaban J connectivity index is 1.49. The second kappa shape index (κ2) is 12.1. The van der Waals surface area contributed by atoms with E-state index in [0.717, 1.165) is 13.0 Å². The van der Waals surface area contributed by atoms with Crippen LogP contribution in [0.1, 0.15) is 82.4 Å². The van der Waals surface area contributed by atoms with Gasteiger partial charge in [-0.15, -0.1) is 0 Å². The van der Waals surface area contributed by atoms with Gasteiger partial charge < -0.3 is 9.47 Å². The van der Waals surface area contributed by atoms with Gasteiger partial charge in [-0.05, 0) is 41.5 Å². The molecule has 3 rings (SSSR count). The van der Waals surface area contributed by atoms with Crippen molar-refractivity contribution in [3.63, 3.8) is 0 Å². The third kappa shape index (κ3) is 6.97. The van der Waals surface area contributed by atoms with Crippen LogP contribution in [-0.2, 0) is 15.9 Å². The largest absolute Gasteiger partial charge is 0.373 e. The van der Waals surface area contributed by atoms with Crippen LogP contribution in [0.5, 0.6) is 0 Å². The second-order valence-corrected chi connectivity index (χ2v) is 8.40. The second-order valence-electron chi connectivity index (χ2n) is 8.40. The van der Waals surface area contributed by atoms with E-state index in [1.807, 2.05) is 0 Å². The summed E-state index contributed by atoms with van der Waals surface area (Å²) in [7, 11) is 0. The van der Waals surface area contributed by atoms with Gasteiger partial charge in [0.2, 0.25) is 0 Å². The lowest BCUT2D eigenvalue weighted by Gasteiger charge is -2.30. The number of ether oxygens (including phenoxy) is 2. The van der Waals surface area contributed by atoms with E-state index in [2.05, 4.69) is 62.4 Å². The fourth-order valence-corrected chi connectivity index (χ4v) is 4.03. The summed E-state index contributed by atoms with van der Waals surface area (Å²) < 4.78 is 12.1. The zero-order valence-corrected chi connectivity index (χ0v) is 18.4. The van der Waals surface area contributed by atoms with Crippen molar-refractivity contribution in [3.8, 4) is 11.1 Å². The Morgan fingerprint density at radius 1 is 0.690 bits per heavy atom. The monoisotopic (exact) mass is 394 g/mol. The Morgan fingerprint density at radius 3 is 1.97 bits per heavy atom. The number of aryl methyl sites for hydroxylation is 1. The van der Waals surface area contributed by atoms with E-state index in [0.29, 0.717) is 6.61 Å². The lowest BCUT2D eigenvalue weighted by atomic mass is 9.99. The molecule has 1 heterocycles. The first-order valence-electron chi connectivity index (χ1n) is 11.7. The van der Waals surface area contributed by atoms with Crippen LogP contribution in [0.4, 0.5) is 0 Å². The van der Waals surface area contributed by atoms with E-state index in [9.17, 15) is 0 Å². The molecular formula is C27H38O2. The topological polar surface area (TPSA) is 18.5 Å². The SMILES string of the molecule is CCCCCCc1ccc(-c2ccc([C@H]3CO[C@H](CCCCC)CO3)cc2)cc1. The first kappa shape index (κ1) is 22.1. The Bertz CT molecular complexity index is 681. The first-order valence-corrected chi connectivity index (χ1v) is 11.7. The van der Waals surface area contributed by atoms with Crippen LogP contribution in [0.25, 0.3) is 11.1 Å². The van der Waals surface area contributed by atoms with Gasteiger partial charge in [-0.25, -0.2) is 0 Å². The third-order valence-electron chi connectivity index (χ3n) is 5.98. The molecule has 29 heavy (non-hydrogen) atoms. The van der Waals surface area contributed by atoms with Gasteiger partial charge in [0.05, 0.1) is 19.3 Å². The molecular weight excluding hydrogens is 356 g/mol. The van der Waals surface area contributed by atoms with Gasteiger partial charge in [0, 0.05) is 0 Å². The van der Waals surface area contributed by atoms with Crippen LogP contribution >= 0.6 is 0 Å². The summed E-state index contributed by atoms with van der Waals surface area (Å²) in [6.45, 7) is 5.89. The van der Waals surface area contributed by atoms with Gasteiger partial charge in [-0.3, -0.25) is 0 Å². The molecule has 0 amide bonds. The zero-order chi connectivity index (χ0) is 20.3. The van der Waals surface area contributed by atoms with Crippen molar-refractivity contribution in [1.82, 2.24) is 0 Å². The minimum absolute atomic E-state index is 0.0666. The number of unbranched alkanes of at least 4 members (excludes halogenated alkanes) is 5. The van der Waals surface area contributed by atoms with Crippen molar-refractivity contribution in [3.05, 3.63) is 59.7 Å². The lowest BCUT2D eigenvalue weighted by molar-refractivity contribution is -0.137. The molecule has 0 saturated carbocycles. The predicted molar refractivity (Wildman–Crippen MR) is 122 cm³/mol. The normalized spacial score (nSPS) is 19.4. The van der Waals surface area contributed by atoms with Crippen molar-refractivity contribution >= 4 is 0 Å². The van der Waals surface area contributed by atoms with E-state index in [1.54, 1.807) is 0 Å². The molecule has 0 N–H and O–H groups in total. The van der Waals surface area contributed by atoms with Gasteiger partial charge >= 0.3 is 0 Å². The van der Waals surface area contributed by atoms with E-state index < -0.39 is 0 Å². The molecule has 1 aliphatic heterocycles. The number of rotatable bonds is 11. The van der Waals surface area contributed by atoms with Crippen molar-refractivity contribution in [2.45, 2.75) is 83.8 Å².